The van der Waals surface area contributed by atoms with Crippen molar-refractivity contribution in [3.05, 3.63) is 70.7 Å². The molecule has 0 bridgehead atoms. The minimum Gasteiger partial charge on any atom is -0.486 e. The summed E-state index contributed by atoms with van der Waals surface area (Å²) in [6.45, 7) is 10.5. The standard InChI is InChI=1S/C48H52FN5O7/c1-6-29-10-12-30(13-11-29)25-58-43-41(40-28(2)37(49)20-38-36(40)23-50-54(38)39-9-7-8-18-57-39)34(31-14-15-31)19-35-42(43)51-45(60-33-21-48(22-33)26-56-27-48)52-44(35)59-32-16-17-53(24-32)46(55)61-47(3,4)5/h1,10-13,19-20,23,31-33,39H,7-9,14-18,21-22,24-27H2,2-5H3/t32-,39?/m0/s1. The Morgan fingerprint density at radius 2 is 1.80 bits per heavy atom. The lowest BCUT2D eigenvalue weighted by Crippen LogP contribution is -2.56. The fraction of sp³-hybridized carbons (Fsp3) is 0.500. The molecule has 318 valence electrons. The average molecular weight is 830 g/mol. The van der Waals surface area contributed by atoms with Crippen LogP contribution in [0.5, 0.6) is 17.6 Å². The molecule has 1 unspecified atom stereocenters. The predicted molar refractivity (Wildman–Crippen MR) is 226 cm³/mol. The van der Waals surface area contributed by atoms with Crippen molar-refractivity contribution < 1.29 is 37.6 Å². The third-order valence-corrected chi connectivity index (χ3v) is 12.7. The summed E-state index contributed by atoms with van der Waals surface area (Å²) >= 11 is 0. The largest absolute Gasteiger partial charge is 0.486 e. The zero-order valence-corrected chi connectivity index (χ0v) is 35.3. The Kier molecular flexibility index (Phi) is 10.1. The summed E-state index contributed by atoms with van der Waals surface area (Å²) < 4.78 is 56.1. The van der Waals surface area contributed by atoms with Gasteiger partial charge in [-0.25, -0.2) is 13.9 Å². The van der Waals surface area contributed by atoms with Crippen molar-refractivity contribution in [1.82, 2.24) is 24.6 Å². The second-order valence-electron chi connectivity index (χ2n) is 18.6. The van der Waals surface area contributed by atoms with E-state index in [2.05, 4.69) is 12.0 Å². The molecule has 3 aliphatic heterocycles. The molecule has 10 rings (SSSR count). The number of terminal acetylenes is 1. The maximum Gasteiger partial charge on any atom is 0.410 e. The highest BCUT2D eigenvalue weighted by Gasteiger charge is 2.51. The van der Waals surface area contributed by atoms with E-state index in [9.17, 15) is 4.79 Å². The molecule has 0 N–H and O–H groups in total. The Balaban J connectivity index is 1.14. The van der Waals surface area contributed by atoms with Crippen molar-refractivity contribution in [2.24, 2.45) is 5.41 Å². The van der Waals surface area contributed by atoms with Gasteiger partial charge in [0.15, 0.2) is 12.0 Å². The number of carbonyl (C=O) groups excluding carboxylic acids is 1. The SMILES string of the molecule is C#Cc1ccc(COc2c(-c3c(C)c(F)cc4c3cnn4C3CCCCO3)c(C3CC3)cc3c(O[C@H]4CCN(C(=O)OC(C)(C)C)C4)nc(OC4CC5(COC5)C4)nc23)cc1. The van der Waals surface area contributed by atoms with Gasteiger partial charge in [-0.05, 0) is 113 Å². The van der Waals surface area contributed by atoms with Crippen LogP contribution in [0.1, 0.15) is 107 Å². The van der Waals surface area contributed by atoms with Gasteiger partial charge in [-0.15, -0.1) is 6.42 Å². The van der Waals surface area contributed by atoms with Crippen molar-refractivity contribution in [2.75, 3.05) is 32.9 Å². The second kappa shape index (κ2) is 15.5. The molecule has 3 aromatic carbocycles. The molecule has 12 nitrogen and oxygen atoms in total. The number of carbonyl (C=O) groups is 1. The minimum absolute atomic E-state index is 0.0921. The number of fused-ring (bicyclic) bond motifs is 2. The predicted octanol–water partition coefficient (Wildman–Crippen LogP) is 9.18. The molecular formula is C48H52FN5O7. The molecule has 5 heterocycles. The number of rotatable bonds is 10. The number of aromatic nitrogens is 4. The molecule has 2 atom stereocenters. The van der Waals surface area contributed by atoms with Crippen LogP contribution in [0, 0.1) is 30.5 Å². The zero-order valence-electron chi connectivity index (χ0n) is 35.3. The monoisotopic (exact) mass is 829 g/mol. The third-order valence-electron chi connectivity index (χ3n) is 12.7. The van der Waals surface area contributed by atoms with Crippen molar-refractivity contribution >= 4 is 27.9 Å². The van der Waals surface area contributed by atoms with Crippen molar-refractivity contribution in [3.63, 3.8) is 0 Å². The Hall–Kier alpha value is -5.45. The van der Waals surface area contributed by atoms with Crippen molar-refractivity contribution in [2.45, 2.75) is 116 Å². The summed E-state index contributed by atoms with van der Waals surface area (Å²) in [5.41, 5.74) is 5.30. The smallest absolute Gasteiger partial charge is 0.410 e. The number of hydrogen-bond donors (Lipinski definition) is 0. The maximum absolute atomic E-state index is 16.5. The second-order valence-corrected chi connectivity index (χ2v) is 18.6. The lowest BCUT2D eigenvalue weighted by atomic mass is 9.65. The van der Waals surface area contributed by atoms with E-state index < -0.39 is 5.60 Å². The highest BCUT2D eigenvalue weighted by atomic mass is 19.1. The molecule has 1 amide bonds. The van der Waals surface area contributed by atoms with Gasteiger partial charge in [0.2, 0.25) is 5.88 Å². The van der Waals surface area contributed by atoms with Gasteiger partial charge in [-0.2, -0.15) is 15.1 Å². The first-order valence-electron chi connectivity index (χ1n) is 21.7. The van der Waals surface area contributed by atoms with E-state index in [1.165, 1.54) is 0 Å². The number of likely N-dealkylation sites (tertiary alicyclic amines) is 1. The summed E-state index contributed by atoms with van der Waals surface area (Å²) in [5, 5.41) is 6.29. The van der Waals surface area contributed by atoms with Gasteiger partial charge >= 0.3 is 12.1 Å². The summed E-state index contributed by atoms with van der Waals surface area (Å²) in [6.07, 6.45) is 13.4. The Labute approximate surface area is 355 Å². The molecule has 61 heavy (non-hydrogen) atoms. The van der Waals surface area contributed by atoms with Crippen LogP contribution in [0.4, 0.5) is 9.18 Å². The average Bonchev–Trinajstić information content (AvgIpc) is 3.81. The summed E-state index contributed by atoms with van der Waals surface area (Å²) in [7, 11) is 0. The highest BCUT2D eigenvalue weighted by molar-refractivity contribution is 6.05. The molecule has 5 aliphatic rings. The van der Waals surface area contributed by atoms with Crippen LogP contribution >= 0.6 is 0 Å². The summed E-state index contributed by atoms with van der Waals surface area (Å²) in [6, 6.07) is 11.5. The van der Waals surface area contributed by atoms with Crippen LogP contribution in [0.25, 0.3) is 32.9 Å². The lowest BCUT2D eigenvalue weighted by molar-refractivity contribution is -0.192. The van der Waals surface area contributed by atoms with Crippen LogP contribution < -0.4 is 14.2 Å². The van der Waals surface area contributed by atoms with E-state index in [1.807, 2.05) is 62.8 Å². The van der Waals surface area contributed by atoms with E-state index in [0.29, 0.717) is 65.3 Å². The first-order chi connectivity index (χ1) is 29.4. The highest BCUT2D eigenvalue weighted by Crippen LogP contribution is 2.54. The number of halogens is 1. The van der Waals surface area contributed by atoms with Crippen molar-refractivity contribution in [1.29, 1.82) is 0 Å². The zero-order chi connectivity index (χ0) is 42.0. The molecule has 3 saturated heterocycles. The molecule has 0 radical (unpaired) electrons. The molecule has 5 fully saturated rings. The Morgan fingerprint density at radius 3 is 2.49 bits per heavy atom. The van der Waals surface area contributed by atoms with Gasteiger partial charge in [0.25, 0.3) is 0 Å². The van der Waals surface area contributed by atoms with E-state index >= 15 is 4.39 Å². The quantitative estimate of drug-likeness (QED) is 0.126. The van der Waals surface area contributed by atoms with Gasteiger partial charge in [0.1, 0.15) is 35.7 Å². The lowest BCUT2D eigenvalue weighted by Gasteiger charge is -2.52. The van der Waals surface area contributed by atoms with E-state index in [0.717, 1.165) is 85.8 Å². The van der Waals surface area contributed by atoms with E-state index in [1.54, 1.807) is 11.0 Å². The normalized spacial score (nSPS) is 21.3. The fourth-order valence-electron chi connectivity index (χ4n) is 9.29. The van der Waals surface area contributed by atoms with Gasteiger partial charge in [0.05, 0.1) is 36.9 Å². The van der Waals surface area contributed by atoms with Gasteiger partial charge in [-0.3, -0.25) is 0 Å². The Morgan fingerprint density at radius 1 is 1.00 bits per heavy atom. The minimum atomic E-state index is -0.624. The first-order valence-corrected chi connectivity index (χ1v) is 21.7. The van der Waals surface area contributed by atoms with Crippen LogP contribution in [0.3, 0.4) is 0 Å². The summed E-state index contributed by atoms with van der Waals surface area (Å²) in [5.74, 6) is 3.35. The number of nitrogens with zero attached hydrogens (tertiary/aromatic N) is 5. The topological polar surface area (TPSA) is 119 Å². The summed E-state index contributed by atoms with van der Waals surface area (Å²) in [4.78, 5) is 24.9. The Bertz CT molecular complexity index is 2540. The van der Waals surface area contributed by atoms with Crippen LogP contribution in [-0.4, -0.2) is 81.5 Å². The number of amides is 1. The molecule has 2 saturated carbocycles. The number of ether oxygens (including phenoxy) is 6. The van der Waals surface area contributed by atoms with E-state index in [-0.39, 0.29) is 54.3 Å². The van der Waals surface area contributed by atoms with E-state index in [4.69, 9.17) is 49.9 Å². The van der Waals surface area contributed by atoms with Crippen LogP contribution in [-0.2, 0) is 20.8 Å². The molecule has 1 spiro atoms. The van der Waals surface area contributed by atoms with Crippen molar-refractivity contribution in [3.8, 4) is 41.1 Å². The number of hydrogen-bond acceptors (Lipinski definition) is 10. The molecule has 2 aliphatic carbocycles. The molecule has 5 aromatic rings. The van der Waals surface area contributed by atoms with Gasteiger partial charge in [0, 0.05) is 53.1 Å². The van der Waals surface area contributed by atoms with Crippen LogP contribution in [0.2, 0.25) is 0 Å². The maximum atomic E-state index is 16.5. The van der Waals surface area contributed by atoms with Gasteiger partial charge < -0.3 is 33.3 Å². The first kappa shape index (κ1) is 39.7. The third kappa shape index (κ3) is 7.74. The van der Waals surface area contributed by atoms with Gasteiger partial charge in [-0.1, -0.05) is 18.1 Å². The molecule has 2 aromatic heterocycles. The van der Waals surface area contributed by atoms with Crippen LogP contribution in [0.15, 0.2) is 42.6 Å². The fourth-order valence-corrected chi connectivity index (χ4v) is 9.29. The molecular weight excluding hydrogens is 778 g/mol. The molecule has 13 heteroatoms. The number of benzene rings is 3.